The van der Waals surface area contributed by atoms with Crippen LogP contribution in [0.25, 0.3) is 0 Å². The molecule has 1 aromatic carbocycles. The Morgan fingerprint density at radius 1 is 1.22 bits per heavy atom. The highest BCUT2D eigenvalue weighted by molar-refractivity contribution is 7.89. The predicted octanol–water partition coefficient (Wildman–Crippen LogP) is -0.0279. The largest absolute Gasteiger partial charge is 0.496 e. The van der Waals surface area contributed by atoms with E-state index in [1.165, 1.54) is 29.6 Å². The summed E-state index contributed by atoms with van der Waals surface area (Å²) in [7, 11) is -2.36. The van der Waals surface area contributed by atoms with Gasteiger partial charge in [-0.3, -0.25) is 9.59 Å². The first kappa shape index (κ1) is 21.1. The summed E-state index contributed by atoms with van der Waals surface area (Å²) in [5.74, 6) is -0.679. The number of sulfonamides is 1. The van der Waals surface area contributed by atoms with E-state index in [0.29, 0.717) is 19.8 Å². The number of rotatable bonds is 8. The maximum absolute atomic E-state index is 12.8. The van der Waals surface area contributed by atoms with Crippen LogP contribution in [-0.2, 0) is 19.6 Å². The van der Waals surface area contributed by atoms with Crippen molar-refractivity contribution in [3.63, 3.8) is 0 Å². The number of ether oxygens (including phenoxy) is 2. The molecule has 2 amide bonds. The van der Waals surface area contributed by atoms with E-state index in [-0.39, 0.29) is 41.7 Å². The van der Waals surface area contributed by atoms with Crippen LogP contribution < -0.4 is 15.4 Å². The van der Waals surface area contributed by atoms with Gasteiger partial charge in [-0.1, -0.05) is 6.92 Å². The van der Waals surface area contributed by atoms with Gasteiger partial charge in [0, 0.05) is 19.6 Å². The predicted molar refractivity (Wildman–Crippen MR) is 98.2 cm³/mol. The summed E-state index contributed by atoms with van der Waals surface area (Å²) in [6.07, 6.45) is 0.787. The molecular formula is C17H25N3O6S. The highest BCUT2D eigenvalue weighted by Crippen LogP contribution is 2.25. The lowest BCUT2D eigenvalue weighted by atomic mass is 10.2. The summed E-state index contributed by atoms with van der Waals surface area (Å²) in [6, 6.07) is 4.09. The molecule has 1 fully saturated rings. The highest BCUT2D eigenvalue weighted by Gasteiger charge is 2.28. The molecule has 0 bridgehead atoms. The zero-order chi connectivity index (χ0) is 19.9. The third-order valence-electron chi connectivity index (χ3n) is 4.01. The molecule has 0 unspecified atom stereocenters. The Labute approximate surface area is 159 Å². The van der Waals surface area contributed by atoms with Crippen LogP contribution in [0.3, 0.4) is 0 Å². The smallest absolute Gasteiger partial charge is 0.255 e. The van der Waals surface area contributed by atoms with Crippen molar-refractivity contribution in [3.8, 4) is 5.75 Å². The molecule has 1 aliphatic heterocycles. The van der Waals surface area contributed by atoms with E-state index < -0.39 is 15.9 Å². The molecule has 0 spiro atoms. The van der Waals surface area contributed by atoms with Gasteiger partial charge >= 0.3 is 0 Å². The van der Waals surface area contributed by atoms with Gasteiger partial charge < -0.3 is 20.1 Å². The lowest BCUT2D eigenvalue weighted by Crippen LogP contribution is -2.40. The fourth-order valence-electron chi connectivity index (χ4n) is 2.54. The Balaban J connectivity index is 2.19. The number of benzene rings is 1. The fourth-order valence-corrected chi connectivity index (χ4v) is 3.98. The van der Waals surface area contributed by atoms with E-state index in [0.717, 1.165) is 6.42 Å². The summed E-state index contributed by atoms with van der Waals surface area (Å²) < 4.78 is 37.2. The zero-order valence-corrected chi connectivity index (χ0v) is 16.3. The van der Waals surface area contributed by atoms with E-state index >= 15 is 0 Å². The number of hydrogen-bond donors (Lipinski definition) is 2. The Morgan fingerprint density at radius 2 is 1.93 bits per heavy atom. The first-order chi connectivity index (χ1) is 12.9. The second kappa shape index (κ2) is 9.67. The average molecular weight is 399 g/mol. The van der Waals surface area contributed by atoms with Gasteiger partial charge in [-0.2, -0.15) is 4.31 Å². The van der Waals surface area contributed by atoms with Crippen molar-refractivity contribution in [2.24, 2.45) is 0 Å². The van der Waals surface area contributed by atoms with Crippen LogP contribution in [0.5, 0.6) is 5.75 Å². The maximum atomic E-state index is 12.8. The van der Waals surface area contributed by atoms with Crippen molar-refractivity contribution in [1.29, 1.82) is 0 Å². The molecular weight excluding hydrogens is 374 g/mol. The average Bonchev–Trinajstić information content (AvgIpc) is 2.70. The van der Waals surface area contributed by atoms with Crippen LogP contribution in [0.2, 0.25) is 0 Å². The van der Waals surface area contributed by atoms with Gasteiger partial charge in [0.2, 0.25) is 15.9 Å². The molecule has 10 heteroatoms. The van der Waals surface area contributed by atoms with Gasteiger partial charge in [0.25, 0.3) is 5.91 Å². The molecule has 0 saturated carbocycles. The van der Waals surface area contributed by atoms with Crippen molar-refractivity contribution in [1.82, 2.24) is 14.9 Å². The molecule has 0 atom stereocenters. The zero-order valence-electron chi connectivity index (χ0n) is 15.5. The number of amides is 2. The minimum atomic E-state index is -3.75. The normalized spacial score (nSPS) is 15.2. The van der Waals surface area contributed by atoms with Crippen LogP contribution >= 0.6 is 0 Å². The van der Waals surface area contributed by atoms with E-state index in [1.807, 2.05) is 6.92 Å². The van der Waals surface area contributed by atoms with E-state index in [4.69, 9.17) is 9.47 Å². The third kappa shape index (κ3) is 5.41. The van der Waals surface area contributed by atoms with E-state index in [9.17, 15) is 18.0 Å². The summed E-state index contributed by atoms with van der Waals surface area (Å²) in [5.41, 5.74) is 0.0510. The summed E-state index contributed by atoms with van der Waals surface area (Å²) in [6.45, 7) is 3.41. The standard InChI is InChI=1S/C17H25N3O6S/c1-3-6-18-16(21)12-19-17(22)14-11-13(4-5-15(14)25-2)27(23,24)20-7-9-26-10-8-20/h4-5,11H,3,6-10,12H2,1-2H3,(H,18,21)(H,19,22). The van der Waals surface area contributed by atoms with Crippen molar-refractivity contribution in [3.05, 3.63) is 23.8 Å². The van der Waals surface area contributed by atoms with Crippen molar-refractivity contribution in [2.45, 2.75) is 18.2 Å². The van der Waals surface area contributed by atoms with Gasteiger partial charge in [-0.25, -0.2) is 8.42 Å². The van der Waals surface area contributed by atoms with Gasteiger partial charge in [-0.05, 0) is 24.6 Å². The molecule has 1 aromatic rings. The first-order valence-corrected chi connectivity index (χ1v) is 10.1. The monoisotopic (exact) mass is 399 g/mol. The molecule has 0 radical (unpaired) electrons. The highest BCUT2D eigenvalue weighted by atomic mass is 32.2. The van der Waals surface area contributed by atoms with Gasteiger partial charge in [0.1, 0.15) is 5.75 Å². The molecule has 2 N–H and O–H groups in total. The lowest BCUT2D eigenvalue weighted by Gasteiger charge is -2.26. The second-order valence-electron chi connectivity index (χ2n) is 5.91. The van der Waals surface area contributed by atoms with Crippen LogP contribution in [0.1, 0.15) is 23.7 Å². The molecule has 1 aliphatic rings. The number of carbonyl (C=O) groups excluding carboxylic acids is 2. The quantitative estimate of drug-likeness (QED) is 0.635. The van der Waals surface area contributed by atoms with Crippen LogP contribution in [0, 0.1) is 0 Å². The second-order valence-corrected chi connectivity index (χ2v) is 7.85. The molecule has 9 nitrogen and oxygen atoms in total. The Kier molecular flexibility index (Phi) is 7.57. The fraction of sp³-hybridized carbons (Fsp3) is 0.529. The molecule has 0 aromatic heterocycles. The van der Waals surface area contributed by atoms with Crippen LogP contribution in [0.4, 0.5) is 0 Å². The topological polar surface area (TPSA) is 114 Å². The minimum absolute atomic E-state index is 0.00853. The Morgan fingerprint density at radius 3 is 2.56 bits per heavy atom. The molecule has 1 saturated heterocycles. The van der Waals surface area contributed by atoms with Gasteiger partial charge in [-0.15, -0.1) is 0 Å². The molecule has 150 valence electrons. The van der Waals surface area contributed by atoms with Crippen molar-refractivity contribution >= 4 is 21.8 Å². The van der Waals surface area contributed by atoms with E-state index in [1.54, 1.807) is 0 Å². The Bertz CT molecular complexity index is 775. The lowest BCUT2D eigenvalue weighted by molar-refractivity contribution is -0.120. The number of morpholine rings is 1. The number of hydrogen-bond acceptors (Lipinski definition) is 6. The van der Waals surface area contributed by atoms with Crippen LogP contribution in [-0.4, -0.2) is 71.0 Å². The van der Waals surface area contributed by atoms with E-state index in [2.05, 4.69) is 10.6 Å². The SMILES string of the molecule is CCCNC(=O)CNC(=O)c1cc(S(=O)(=O)N2CCOCC2)ccc1OC. The third-order valence-corrected chi connectivity index (χ3v) is 5.90. The number of nitrogens with one attached hydrogen (secondary N) is 2. The summed E-state index contributed by atoms with van der Waals surface area (Å²) in [4.78, 5) is 24.1. The van der Waals surface area contributed by atoms with Gasteiger partial charge in [0.05, 0.1) is 37.3 Å². The Hall–Kier alpha value is -2.17. The summed E-state index contributed by atoms with van der Waals surface area (Å²) in [5, 5.41) is 5.13. The van der Waals surface area contributed by atoms with Crippen molar-refractivity contribution < 1.29 is 27.5 Å². The maximum Gasteiger partial charge on any atom is 0.255 e. The van der Waals surface area contributed by atoms with Crippen LogP contribution in [0.15, 0.2) is 23.1 Å². The molecule has 0 aliphatic carbocycles. The number of methoxy groups -OCH3 is 1. The van der Waals surface area contributed by atoms with Gasteiger partial charge in [0.15, 0.2) is 0 Å². The number of carbonyl (C=O) groups is 2. The first-order valence-electron chi connectivity index (χ1n) is 8.71. The molecule has 2 rings (SSSR count). The molecule has 1 heterocycles. The minimum Gasteiger partial charge on any atom is -0.496 e. The number of nitrogens with zero attached hydrogens (tertiary/aromatic N) is 1. The van der Waals surface area contributed by atoms with Crippen molar-refractivity contribution in [2.75, 3.05) is 46.5 Å². The molecule has 27 heavy (non-hydrogen) atoms. The summed E-state index contributed by atoms with van der Waals surface area (Å²) >= 11 is 0.